The summed E-state index contributed by atoms with van der Waals surface area (Å²) in [7, 11) is 0. The number of H-pyrrole nitrogens is 1. The van der Waals surface area contributed by atoms with Crippen LogP contribution >= 0.6 is 0 Å². The van der Waals surface area contributed by atoms with Gasteiger partial charge in [-0.1, -0.05) is 36.3 Å². The second-order valence-corrected chi connectivity index (χ2v) is 3.14. The fourth-order valence-electron chi connectivity index (χ4n) is 1.43. The predicted molar refractivity (Wildman–Crippen MR) is 57.8 cm³/mol. The van der Waals surface area contributed by atoms with E-state index in [0.717, 1.165) is 11.3 Å². The fourth-order valence-corrected chi connectivity index (χ4v) is 1.43. The zero-order chi connectivity index (χ0) is 10.7. The molecule has 0 aliphatic rings. The van der Waals surface area contributed by atoms with Gasteiger partial charge in [0.2, 0.25) is 0 Å². The molecule has 0 fully saturated rings. The second kappa shape index (κ2) is 3.99. The van der Waals surface area contributed by atoms with E-state index in [-0.39, 0.29) is 0 Å². The Morgan fingerprint density at radius 2 is 2.07 bits per heavy atom. The third kappa shape index (κ3) is 1.76. The Hall–Kier alpha value is -2.05. The van der Waals surface area contributed by atoms with Gasteiger partial charge < -0.3 is 5.11 Å². The minimum Gasteiger partial charge on any atom is -0.376 e. The van der Waals surface area contributed by atoms with Crippen LogP contribution in [0.15, 0.2) is 36.5 Å². The molecule has 2 aromatic rings. The zero-order valence-corrected chi connectivity index (χ0v) is 8.01. The maximum Gasteiger partial charge on any atom is 0.143 e. The number of aromatic nitrogens is 2. The average Bonchev–Trinajstić information content (AvgIpc) is 2.78. The molecule has 1 atom stereocenters. The minimum absolute atomic E-state index is 0.628. The Kier molecular flexibility index (Phi) is 2.53. The Morgan fingerprint density at radius 1 is 1.33 bits per heavy atom. The van der Waals surface area contributed by atoms with Crippen LogP contribution in [-0.2, 0) is 0 Å². The van der Waals surface area contributed by atoms with Gasteiger partial charge in [-0.2, -0.15) is 5.10 Å². The van der Waals surface area contributed by atoms with E-state index in [2.05, 4.69) is 16.1 Å². The Labute approximate surface area is 87.8 Å². The number of aromatic amines is 1. The lowest BCUT2D eigenvalue weighted by Gasteiger charge is -2.04. The third-order valence-corrected chi connectivity index (χ3v) is 2.18. The van der Waals surface area contributed by atoms with Gasteiger partial charge in [-0.3, -0.25) is 5.10 Å². The van der Waals surface area contributed by atoms with Crippen molar-refractivity contribution in [2.75, 3.05) is 0 Å². The summed E-state index contributed by atoms with van der Waals surface area (Å²) < 4.78 is 0. The first-order chi connectivity index (χ1) is 7.33. The number of nitrogens with one attached hydrogen (secondary N) is 1. The largest absolute Gasteiger partial charge is 0.376 e. The molecule has 0 amide bonds. The van der Waals surface area contributed by atoms with E-state index in [4.69, 9.17) is 6.42 Å². The smallest absolute Gasteiger partial charge is 0.143 e. The molecule has 2 rings (SSSR count). The number of hydrogen-bond donors (Lipinski definition) is 2. The van der Waals surface area contributed by atoms with Gasteiger partial charge in [-0.15, -0.1) is 6.42 Å². The quantitative estimate of drug-likeness (QED) is 0.722. The number of nitrogens with zero attached hydrogens (tertiary/aromatic N) is 1. The van der Waals surface area contributed by atoms with Crippen LogP contribution in [-0.4, -0.2) is 15.3 Å². The molecule has 0 aliphatic carbocycles. The Morgan fingerprint density at radius 3 is 2.73 bits per heavy atom. The summed E-state index contributed by atoms with van der Waals surface area (Å²) in [4.78, 5) is 0. The first-order valence-electron chi connectivity index (χ1n) is 4.56. The van der Waals surface area contributed by atoms with Crippen molar-refractivity contribution in [2.45, 2.75) is 6.10 Å². The fraction of sp³-hybridized carbons (Fsp3) is 0.0833. The van der Waals surface area contributed by atoms with E-state index in [1.165, 1.54) is 0 Å². The van der Waals surface area contributed by atoms with Crippen LogP contribution in [0.4, 0.5) is 0 Å². The average molecular weight is 198 g/mol. The summed E-state index contributed by atoms with van der Waals surface area (Å²) >= 11 is 0. The van der Waals surface area contributed by atoms with Crippen molar-refractivity contribution in [3.05, 3.63) is 42.1 Å². The van der Waals surface area contributed by atoms with Gasteiger partial charge in [0.25, 0.3) is 0 Å². The summed E-state index contributed by atoms with van der Waals surface area (Å²) in [6.45, 7) is 0. The minimum atomic E-state index is -0.918. The molecule has 74 valence electrons. The molecular formula is C12H10N2O. The molecule has 15 heavy (non-hydrogen) atoms. The first-order valence-corrected chi connectivity index (χ1v) is 4.56. The van der Waals surface area contributed by atoms with Crippen LogP contribution in [0.1, 0.15) is 11.7 Å². The molecule has 3 heteroatoms. The second-order valence-electron chi connectivity index (χ2n) is 3.14. The van der Waals surface area contributed by atoms with Gasteiger partial charge in [0.15, 0.2) is 0 Å². The molecule has 1 unspecified atom stereocenters. The van der Waals surface area contributed by atoms with E-state index in [9.17, 15) is 5.11 Å². The van der Waals surface area contributed by atoms with Crippen molar-refractivity contribution in [3.8, 4) is 23.6 Å². The monoisotopic (exact) mass is 198 g/mol. The van der Waals surface area contributed by atoms with Crippen molar-refractivity contribution < 1.29 is 5.11 Å². The highest BCUT2D eigenvalue weighted by Crippen LogP contribution is 2.25. The summed E-state index contributed by atoms with van der Waals surface area (Å²) in [6.07, 6.45) is 5.80. The van der Waals surface area contributed by atoms with Crippen molar-refractivity contribution in [3.63, 3.8) is 0 Å². The molecule has 3 nitrogen and oxygen atoms in total. The standard InChI is InChI=1S/C12H10N2O/c1-2-11(15)10-8-13-14-12(10)9-6-4-3-5-7-9/h1,3-8,11,15H,(H,13,14). The van der Waals surface area contributed by atoms with E-state index in [1.54, 1.807) is 6.20 Å². The van der Waals surface area contributed by atoms with Crippen molar-refractivity contribution in [1.82, 2.24) is 10.2 Å². The molecule has 0 spiro atoms. The lowest BCUT2D eigenvalue weighted by atomic mass is 10.1. The molecule has 2 N–H and O–H groups in total. The van der Waals surface area contributed by atoms with E-state index >= 15 is 0 Å². The number of terminal acetylenes is 1. The van der Waals surface area contributed by atoms with Gasteiger partial charge in [0.1, 0.15) is 6.10 Å². The normalized spacial score (nSPS) is 12.0. The number of benzene rings is 1. The van der Waals surface area contributed by atoms with Crippen LogP contribution in [0.5, 0.6) is 0 Å². The summed E-state index contributed by atoms with van der Waals surface area (Å²) in [5.41, 5.74) is 2.35. The lowest BCUT2D eigenvalue weighted by molar-refractivity contribution is 0.239. The van der Waals surface area contributed by atoms with Gasteiger partial charge in [0.05, 0.1) is 11.9 Å². The van der Waals surface area contributed by atoms with Crippen molar-refractivity contribution >= 4 is 0 Å². The Bertz CT molecular complexity index is 482. The number of rotatable bonds is 2. The molecule has 1 aromatic carbocycles. The van der Waals surface area contributed by atoms with Crippen LogP contribution in [0.3, 0.4) is 0 Å². The molecule has 0 bridgehead atoms. The summed E-state index contributed by atoms with van der Waals surface area (Å²) in [6, 6.07) is 9.63. The molecular weight excluding hydrogens is 188 g/mol. The number of hydrogen-bond acceptors (Lipinski definition) is 2. The predicted octanol–water partition coefficient (Wildman–Crippen LogP) is 1.74. The SMILES string of the molecule is C#CC(O)c1cn[nH]c1-c1ccccc1. The maximum absolute atomic E-state index is 9.56. The third-order valence-electron chi connectivity index (χ3n) is 2.18. The van der Waals surface area contributed by atoms with Gasteiger partial charge >= 0.3 is 0 Å². The van der Waals surface area contributed by atoms with Gasteiger partial charge in [-0.25, -0.2) is 0 Å². The van der Waals surface area contributed by atoms with Gasteiger partial charge in [0, 0.05) is 5.56 Å². The van der Waals surface area contributed by atoms with E-state index in [1.807, 2.05) is 30.3 Å². The molecule has 1 heterocycles. The van der Waals surface area contributed by atoms with E-state index < -0.39 is 6.10 Å². The molecule has 1 aromatic heterocycles. The molecule has 0 aliphatic heterocycles. The van der Waals surface area contributed by atoms with Crippen molar-refractivity contribution in [1.29, 1.82) is 0 Å². The summed E-state index contributed by atoms with van der Waals surface area (Å²) in [5, 5.41) is 16.3. The number of aliphatic hydroxyl groups excluding tert-OH is 1. The highest BCUT2D eigenvalue weighted by atomic mass is 16.3. The highest BCUT2D eigenvalue weighted by Gasteiger charge is 2.12. The lowest BCUT2D eigenvalue weighted by Crippen LogP contribution is -1.93. The molecule has 0 saturated heterocycles. The Balaban J connectivity index is 2.47. The van der Waals surface area contributed by atoms with Crippen molar-refractivity contribution in [2.24, 2.45) is 0 Å². The maximum atomic E-state index is 9.56. The van der Waals surface area contributed by atoms with Gasteiger partial charge in [-0.05, 0) is 5.56 Å². The molecule has 0 radical (unpaired) electrons. The molecule has 0 saturated carbocycles. The summed E-state index contributed by atoms with van der Waals surface area (Å²) in [5.74, 6) is 2.27. The van der Waals surface area contributed by atoms with Crippen LogP contribution in [0, 0.1) is 12.3 Å². The van der Waals surface area contributed by atoms with Crippen LogP contribution in [0.25, 0.3) is 11.3 Å². The first kappa shape index (κ1) is 9.50. The highest BCUT2D eigenvalue weighted by molar-refractivity contribution is 5.63. The zero-order valence-electron chi connectivity index (χ0n) is 8.01. The number of aliphatic hydroxyl groups is 1. The van der Waals surface area contributed by atoms with Crippen LogP contribution < -0.4 is 0 Å². The van der Waals surface area contributed by atoms with E-state index in [0.29, 0.717) is 5.56 Å². The van der Waals surface area contributed by atoms with Crippen LogP contribution in [0.2, 0.25) is 0 Å². The topological polar surface area (TPSA) is 48.9 Å².